The predicted octanol–water partition coefficient (Wildman–Crippen LogP) is 3.20. The van der Waals surface area contributed by atoms with E-state index < -0.39 is 5.97 Å². The number of unbranched alkanes of at least 4 members (excludes halogenated alkanes) is 1. The Morgan fingerprint density at radius 3 is 2.83 bits per heavy atom. The van der Waals surface area contributed by atoms with Gasteiger partial charge in [-0.25, -0.2) is 9.78 Å². The number of hydrogen-bond donors (Lipinski definition) is 1. The fourth-order valence-electron chi connectivity index (χ4n) is 1.99. The Morgan fingerprint density at radius 2 is 2.28 bits per heavy atom. The van der Waals surface area contributed by atoms with Gasteiger partial charge in [0.05, 0.1) is 0 Å². The van der Waals surface area contributed by atoms with Gasteiger partial charge >= 0.3 is 5.97 Å². The van der Waals surface area contributed by atoms with Crippen molar-refractivity contribution in [2.45, 2.75) is 38.6 Å². The van der Waals surface area contributed by atoms with E-state index in [-0.39, 0.29) is 5.56 Å². The van der Waals surface area contributed by atoms with Gasteiger partial charge in [-0.15, -0.1) is 0 Å². The average molecular weight is 269 g/mol. The van der Waals surface area contributed by atoms with Crippen molar-refractivity contribution in [1.82, 2.24) is 4.98 Å². The van der Waals surface area contributed by atoms with Gasteiger partial charge in [0.2, 0.25) is 0 Å². The summed E-state index contributed by atoms with van der Waals surface area (Å²) in [5, 5.41) is 9.57. The lowest BCUT2D eigenvalue weighted by Crippen LogP contribution is -2.29. The Kier molecular flexibility index (Phi) is 4.07. The fraction of sp³-hybridized carbons (Fsp3) is 0.538. The Morgan fingerprint density at radius 1 is 1.56 bits per heavy atom. The zero-order valence-corrected chi connectivity index (χ0v) is 11.2. The zero-order valence-electron chi connectivity index (χ0n) is 10.4. The van der Waals surface area contributed by atoms with Crippen LogP contribution < -0.4 is 4.90 Å². The van der Waals surface area contributed by atoms with Crippen molar-refractivity contribution in [2.24, 2.45) is 0 Å². The molecule has 0 spiro atoms. The molecule has 98 valence electrons. The number of hydrogen-bond acceptors (Lipinski definition) is 3. The molecular weight excluding hydrogens is 252 g/mol. The Labute approximate surface area is 112 Å². The van der Waals surface area contributed by atoms with Crippen LogP contribution in [0.2, 0.25) is 5.15 Å². The molecule has 2 rings (SSSR count). The smallest absolute Gasteiger partial charge is 0.339 e. The fourth-order valence-corrected chi connectivity index (χ4v) is 2.13. The lowest BCUT2D eigenvalue weighted by molar-refractivity contribution is 0.0697. The summed E-state index contributed by atoms with van der Waals surface area (Å²) >= 11 is 5.89. The topological polar surface area (TPSA) is 53.4 Å². The van der Waals surface area contributed by atoms with Crippen molar-refractivity contribution < 1.29 is 9.90 Å². The number of carboxylic acid groups (broad SMARTS) is 1. The summed E-state index contributed by atoms with van der Waals surface area (Å²) in [6.45, 7) is 2.96. The summed E-state index contributed by atoms with van der Waals surface area (Å²) in [5.41, 5.74) is 0.238. The summed E-state index contributed by atoms with van der Waals surface area (Å²) in [7, 11) is 0. The van der Waals surface area contributed by atoms with Crippen LogP contribution in [0.5, 0.6) is 0 Å². The van der Waals surface area contributed by atoms with Gasteiger partial charge in [-0.1, -0.05) is 24.9 Å². The molecule has 0 saturated heterocycles. The minimum absolute atomic E-state index is 0.238. The van der Waals surface area contributed by atoms with Crippen molar-refractivity contribution in [3.05, 3.63) is 22.8 Å². The second-order valence-corrected chi connectivity index (χ2v) is 4.98. The van der Waals surface area contributed by atoms with Crippen LogP contribution in [0.4, 0.5) is 5.82 Å². The quantitative estimate of drug-likeness (QED) is 0.805. The van der Waals surface area contributed by atoms with Crippen LogP contribution in [-0.4, -0.2) is 28.6 Å². The van der Waals surface area contributed by atoms with Gasteiger partial charge in [0.25, 0.3) is 0 Å². The molecular formula is C13H17ClN2O2. The summed E-state index contributed by atoms with van der Waals surface area (Å²) in [6, 6.07) is 3.49. The average Bonchev–Trinajstić information content (AvgIpc) is 3.13. The first-order valence-corrected chi connectivity index (χ1v) is 6.67. The Bertz CT molecular complexity index is 447. The predicted molar refractivity (Wildman–Crippen MR) is 71.5 cm³/mol. The SMILES string of the molecule is CCCCN(c1nc(Cl)ccc1C(=O)O)C1CC1. The highest BCUT2D eigenvalue weighted by atomic mass is 35.5. The molecule has 1 N–H and O–H groups in total. The van der Waals surface area contributed by atoms with E-state index in [9.17, 15) is 9.90 Å². The molecule has 5 heteroatoms. The molecule has 1 aromatic rings. The molecule has 0 radical (unpaired) electrons. The third-order valence-electron chi connectivity index (χ3n) is 3.08. The van der Waals surface area contributed by atoms with Crippen molar-refractivity contribution >= 4 is 23.4 Å². The maximum atomic E-state index is 11.2. The number of nitrogens with zero attached hydrogens (tertiary/aromatic N) is 2. The summed E-state index contributed by atoms with van der Waals surface area (Å²) in [5.74, 6) is -0.428. The summed E-state index contributed by atoms with van der Waals surface area (Å²) in [4.78, 5) is 17.6. The molecule has 1 aromatic heterocycles. The van der Waals surface area contributed by atoms with Crippen LogP contribution in [0.15, 0.2) is 12.1 Å². The molecule has 1 fully saturated rings. The standard InChI is InChI=1S/C13H17ClN2O2/c1-2-3-8-16(9-4-5-9)12-10(13(17)18)6-7-11(14)15-12/h6-7,9H,2-5,8H2,1H3,(H,17,18). The first-order chi connectivity index (χ1) is 8.63. The maximum absolute atomic E-state index is 11.2. The highest BCUT2D eigenvalue weighted by Gasteiger charge is 2.32. The van der Waals surface area contributed by atoms with E-state index in [2.05, 4.69) is 16.8 Å². The Balaban J connectivity index is 2.32. The van der Waals surface area contributed by atoms with E-state index in [4.69, 9.17) is 11.6 Å². The molecule has 18 heavy (non-hydrogen) atoms. The maximum Gasteiger partial charge on any atom is 0.339 e. The van der Waals surface area contributed by atoms with Crippen LogP contribution in [0.1, 0.15) is 43.0 Å². The first kappa shape index (κ1) is 13.1. The lowest BCUT2D eigenvalue weighted by atomic mass is 10.2. The monoisotopic (exact) mass is 268 g/mol. The number of rotatable bonds is 6. The van der Waals surface area contributed by atoms with E-state index in [1.54, 1.807) is 0 Å². The molecule has 1 heterocycles. The molecule has 0 aromatic carbocycles. The largest absolute Gasteiger partial charge is 0.478 e. The molecule has 4 nitrogen and oxygen atoms in total. The van der Waals surface area contributed by atoms with Gasteiger partial charge in [0.15, 0.2) is 0 Å². The summed E-state index contributed by atoms with van der Waals surface area (Å²) in [6.07, 6.45) is 4.32. The highest BCUT2D eigenvalue weighted by Crippen LogP contribution is 2.33. The van der Waals surface area contributed by atoms with Crippen LogP contribution in [0, 0.1) is 0 Å². The molecule has 0 unspecified atom stereocenters. The first-order valence-electron chi connectivity index (χ1n) is 6.30. The number of carbonyl (C=O) groups is 1. The number of anilines is 1. The van der Waals surface area contributed by atoms with Crippen LogP contribution in [0.3, 0.4) is 0 Å². The van der Waals surface area contributed by atoms with E-state index in [0.717, 1.165) is 32.2 Å². The van der Waals surface area contributed by atoms with Gasteiger partial charge < -0.3 is 10.0 Å². The Hall–Kier alpha value is -1.29. The summed E-state index contributed by atoms with van der Waals surface area (Å²) < 4.78 is 0. The van der Waals surface area contributed by atoms with Crippen molar-refractivity contribution in [2.75, 3.05) is 11.4 Å². The molecule has 0 aliphatic heterocycles. The molecule has 1 aliphatic rings. The minimum atomic E-state index is -0.948. The third kappa shape index (κ3) is 2.93. The van der Waals surface area contributed by atoms with E-state index in [1.165, 1.54) is 12.1 Å². The molecule has 1 saturated carbocycles. The molecule has 1 aliphatic carbocycles. The van der Waals surface area contributed by atoms with Gasteiger partial charge in [0.1, 0.15) is 16.5 Å². The molecule has 0 atom stereocenters. The number of halogens is 1. The van der Waals surface area contributed by atoms with E-state index in [1.807, 2.05) is 0 Å². The van der Waals surface area contributed by atoms with Crippen molar-refractivity contribution in [1.29, 1.82) is 0 Å². The van der Waals surface area contributed by atoms with Crippen molar-refractivity contribution in [3.63, 3.8) is 0 Å². The number of pyridine rings is 1. The van der Waals surface area contributed by atoms with Crippen LogP contribution in [-0.2, 0) is 0 Å². The molecule has 0 amide bonds. The normalized spacial score (nSPS) is 14.6. The van der Waals surface area contributed by atoms with Gasteiger partial charge in [-0.05, 0) is 31.4 Å². The van der Waals surface area contributed by atoms with Gasteiger partial charge in [-0.2, -0.15) is 0 Å². The van der Waals surface area contributed by atoms with Gasteiger partial charge in [-0.3, -0.25) is 0 Å². The van der Waals surface area contributed by atoms with E-state index >= 15 is 0 Å². The lowest BCUT2D eigenvalue weighted by Gasteiger charge is -2.24. The second-order valence-electron chi connectivity index (χ2n) is 4.59. The van der Waals surface area contributed by atoms with Crippen LogP contribution in [0.25, 0.3) is 0 Å². The second kappa shape index (κ2) is 5.57. The molecule has 0 bridgehead atoms. The number of carboxylic acids is 1. The number of aromatic carboxylic acids is 1. The highest BCUT2D eigenvalue weighted by molar-refractivity contribution is 6.29. The zero-order chi connectivity index (χ0) is 13.1. The number of aromatic nitrogens is 1. The third-order valence-corrected chi connectivity index (χ3v) is 3.29. The van der Waals surface area contributed by atoms with Crippen LogP contribution >= 0.6 is 11.6 Å². The van der Waals surface area contributed by atoms with Crippen molar-refractivity contribution in [3.8, 4) is 0 Å². The van der Waals surface area contributed by atoms with E-state index in [0.29, 0.717) is 17.0 Å². The van der Waals surface area contributed by atoms with Gasteiger partial charge in [0, 0.05) is 12.6 Å². The minimum Gasteiger partial charge on any atom is -0.478 e.